The molecule has 4 nitrogen and oxygen atoms in total. The molecule has 0 radical (unpaired) electrons. The zero-order valence-electron chi connectivity index (χ0n) is 14.0. The maximum absolute atomic E-state index is 12.8. The minimum absolute atomic E-state index is 0.221. The molecule has 0 saturated carbocycles. The lowest BCUT2D eigenvalue weighted by Gasteiger charge is -2.11. The highest BCUT2D eigenvalue weighted by molar-refractivity contribution is 5.56. The van der Waals surface area contributed by atoms with Crippen LogP contribution in [0.5, 0.6) is 0 Å². The highest BCUT2D eigenvalue weighted by atomic mass is 19.4. The lowest BCUT2D eigenvalue weighted by molar-refractivity contribution is -0.137. The fourth-order valence-corrected chi connectivity index (χ4v) is 2.43. The maximum atomic E-state index is 12.8. The average Bonchev–Trinajstić information content (AvgIpc) is 2.60. The van der Waals surface area contributed by atoms with E-state index in [0.717, 1.165) is 17.7 Å². The highest BCUT2D eigenvalue weighted by Gasteiger charge is 2.30. The topological polar surface area (TPSA) is 49.8 Å². The molecule has 2 N–H and O–H groups in total. The van der Waals surface area contributed by atoms with Gasteiger partial charge in [-0.15, -0.1) is 0 Å². The van der Waals surface area contributed by atoms with Crippen LogP contribution in [0.25, 0.3) is 0 Å². The molecule has 0 aliphatic rings. The summed E-state index contributed by atoms with van der Waals surface area (Å²) in [6.45, 7) is 2.60. The minimum Gasteiger partial charge on any atom is -0.366 e. The number of alkyl halides is 3. The van der Waals surface area contributed by atoms with Crippen LogP contribution >= 0.6 is 0 Å². The number of nitrogens with zero attached hydrogens (tertiary/aromatic N) is 2. The molecule has 134 valence electrons. The van der Waals surface area contributed by atoms with Crippen LogP contribution in [-0.4, -0.2) is 9.97 Å². The lowest BCUT2D eigenvalue weighted by atomic mass is 10.1. The van der Waals surface area contributed by atoms with Gasteiger partial charge in [0.05, 0.1) is 5.56 Å². The van der Waals surface area contributed by atoms with Crippen LogP contribution in [0.15, 0.2) is 60.8 Å². The van der Waals surface area contributed by atoms with Gasteiger partial charge in [0.25, 0.3) is 0 Å². The Morgan fingerprint density at radius 1 is 1.00 bits per heavy atom. The number of nitrogens with one attached hydrogen (secondary N) is 2. The van der Waals surface area contributed by atoms with Gasteiger partial charge >= 0.3 is 6.18 Å². The molecule has 1 aromatic heterocycles. The van der Waals surface area contributed by atoms with E-state index in [1.165, 1.54) is 17.7 Å². The third kappa shape index (κ3) is 4.72. The summed E-state index contributed by atoms with van der Waals surface area (Å²) >= 11 is 0. The summed E-state index contributed by atoms with van der Waals surface area (Å²) in [4.78, 5) is 8.33. The Labute approximate surface area is 149 Å². The molecule has 7 heteroatoms. The Morgan fingerprint density at radius 3 is 2.58 bits per heavy atom. The van der Waals surface area contributed by atoms with Crippen molar-refractivity contribution in [3.05, 3.63) is 77.5 Å². The first-order chi connectivity index (χ1) is 12.4. The number of hydrogen-bond acceptors (Lipinski definition) is 4. The van der Waals surface area contributed by atoms with E-state index in [0.29, 0.717) is 12.4 Å². The molecule has 0 spiro atoms. The molecular weight excluding hydrogens is 341 g/mol. The van der Waals surface area contributed by atoms with Gasteiger partial charge in [0.1, 0.15) is 5.82 Å². The fourth-order valence-electron chi connectivity index (χ4n) is 2.43. The van der Waals surface area contributed by atoms with Gasteiger partial charge in [-0.1, -0.05) is 35.9 Å². The van der Waals surface area contributed by atoms with Crippen LogP contribution in [0.2, 0.25) is 0 Å². The van der Waals surface area contributed by atoms with E-state index in [-0.39, 0.29) is 11.6 Å². The van der Waals surface area contributed by atoms with E-state index in [4.69, 9.17) is 0 Å². The fraction of sp³-hybridized carbons (Fsp3) is 0.158. The summed E-state index contributed by atoms with van der Waals surface area (Å²) in [5.41, 5.74) is 1.82. The molecule has 0 aliphatic carbocycles. The van der Waals surface area contributed by atoms with Gasteiger partial charge in [-0.2, -0.15) is 18.2 Å². The van der Waals surface area contributed by atoms with Gasteiger partial charge in [-0.05, 0) is 36.8 Å². The molecular formula is C19H17F3N4. The second kappa shape index (κ2) is 7.43. The average molecular weight is 358 g/mol. The van der Waals surface area contributed by atoms with Crippen molar-refractivity contribution in [2.75, 3.05) is 10.6 Å². The zero-order valence-corrected chi connectivity index (χ0v) is 14.0. The number of halogens is 3. The SMILES string of the molecule is Cc1cccc(CNc2ccnc(Nc3cccc(C(F)(F)F)c3)n2)c1. The summed E-state index contributed by atoms with van der Waals surface area (Å²) in [6, 6.07) is 14.7. The third-order valence-corrected chi connectivity index (χ3v) is 3.66. The zero-order chi connectivity index (χ0) is 18.6. The van der Waals surface area contributed by atoms with Crippen LogP contribution in [0.3, 0.4) is 0 Å². The molecule has 0 unspecified atom stereocenters. The Kier molecular flexibility index (Phi) is 5.06. The van der Waals surface area contributed by atoms with Crippen LogP contribution in [-0.2, 0) is 12.7 Å². The van der Waals surface area contributed by atoms with Crippen molar-refractivity contribution in [1.82, 2.24) is 9.97 Å². The largest absolute Gasteiger partial charge is 0.416 e. The third-order valence-electron chi connectivity index (χ3n) is 3.66. The second-order valence-electron chi connectivity index (χ2n) is 5.81. The van der Waals surface area contributed by atoms with Crippen molar-refractivity contribution in [1.29, 1.82) is 0 Å². The molecule has 2 aromatic carbocycles. The summed E-state index contributed by atoms with van der Waals surface area (Å²) in [5.74, 6) is 0.801. The van der Waals surface area contributed by atoms with E-state index >= 15 is 0 Å². The van der Waals surface area contributed by atoms with Crippen molar-refractivity contribution in [3.8, 4) is 0 Å². The number of benzene rings is 2. The molecule has 0 fully saturated rings. The number of aromatic nitrogens is 2. The smallest absolute Gasteiger partial charge is 0.366 e. The predicted molar refractivity (Wildman–Crippen MR) is 95.3 cm³/mol. The Morgan fingerprint density at radius 2 is 1.81 bits per heavy atom. The maximum Gasteiger partial charge on any atom is 0.416 e. The van der Waals surface area contributed by atoms with Gasteiger partial charge in [-0.25, -0.2) is 4.98 Å². The van der Waals surface area contributed by atoms with E-state index in [2.05, 4.69) is 26.7 Å². The summed E-state index contributed by atoms with van der Waals surface area (Å²) in [7, 11) is 0. The van der Waals surface area contributed by atoms with Gasteiger partial charge in [-0.3, -0.25) is 0 Å². The molecule has 3 rings (SSSR count). The van der Waals surface area contributed by atoms with E-state index < -0.39 is 11.7 Å². The van der Waals surface area contributed by atoms with Crippen molar-refractivity contribution < 1.29 is 13.2 Å². The number of anilines is 3. The van der Waals surface area contributed by atoms with E-state index in [1.54, 1.807) is 12.3 Å². The normalized spacial score (nSPS) is 11.2. The molecule has 3 aromatic rings. The molecule has 1 heterocycles. The van der Waals surface area contributed by atoms with Crippen LogP contribution in [0.1, 0.15) is 16.7 Å². The van der Waals surface area contributed by atoms with Gasteiger partial charge in [0.2, 0.25) is 5.95 Å². The monoisotopic (exact) mass is 358 g/mol. The van der Waals surface area contributed by atoms with Crippen LogP contribution in [0, 0.1) is 6.92 Å². The Hall–Kier alpha value is -3.09. The molecule has 0 aliphatic heterocycles. The van der Waals surface area contributed by atoms with Crippen molar-refractivity contribution >= 4 is 17.5 Å². The highest BCUT2D eigenvalue weighted by Crippen LogP contribution is 2.31. The Bertz CT molecular complexity index is 894. The van der Waals surface area contributed by atoms with Crippen LogP contribution < -0.4 is 10.6 Å². The lowest BCUT2D eigenvalue weighted by Crippen LogP contribution is -2.06. The van der Waals surface area contributed by atoms with Crippen molar-refractivity contribution in [2.24, 2.45) is 0 Å². The number of rotatable bonds is 5. The van der Waals surface area contributed by atoms with Gasteiger partial charge in [0.15, 0.2) is 0 Å². The molecule has 0 saturated heterocycles. The van der Waals surface area contributed by atoms with Gasteiger partial charge in [0, 0.05) is 18.4 Å². The van der Waals surface area contributed by atoms with E-state index in [9.17, 15) is 13.2 Å². The summed E-state index contributed by atoms with van der Waals surface area (Å²) < 4.78 is 38.4. The predicted octanol–water partition coefficient (Wildman–Crippen LogP) is 5.16. The quantitative estimate of drug-likeness (QED) is 0.661. The molecule has 0 amide bonds. The number of hydrogen-bond donors (Lipinski definition) is 2. The van der Waals surface area contributed by atoms with E-state index in [1.807, 2.05) is 25.1 Å². The summed E-state index contributed by atoms with van der Waals surface area (Å²) in [6.07, 6.45) is -2.85. The van der Waals surface area contributed by atoms with Crippen LogP contribution in [0.4, 0.5) is 30.6 Å². The number of aryl methyl sites for hydroxylation is 1. The summed E-state index contributed by atoms with van der Waals surface area (Å²) in [5, 5.41) is 5.98. The first-order valence-corrected chi connectivity index (χ1v) is 7.97. The molecule has 26 heavy (non-hydrogen) atoms. The Balaban J connectivity index is 1.69. The molecule has 0 atom stereocenters. The van der Waals surface area contributed by atoms with Crippen molar-refractivity contribution in [3.63, 3.8) is 0 Å². The van der Waals surface area contributed by atoms with Crippen molar-refractivity contribution in [2.45, 2.75) is 19.6 Å². The minimum atomic E-state index is -4.39. The first kappa shape index (κ1) is 17.7. The first-order valence-electron chi connectivity index (χ1n) is 7.97. The standard InChI is InChI=1S/C19H17F3N4/c1-13-4-2-5-14(10-13)12-24-17-8-9-23-18(26-17)25-16-7-3-6-15(11-16)19(20,21)22/h2-11H,12H2,1H3,(H2,23,24,25,26). The second-order valence-corrected chi connectivity index (χ2v) is 5.81. The molecule has 0 bridgehead atoms. The van der Waals surface area contributed by atoms with Gasteiger partial charge < -0.3 is 10.6 Å².